The van der Waals surface area contributed by atoms with Gasteiger partial charge in [0.05, 0.1) is 16.2 Å². The maximum absolute atomic E-state index is 13.5. The molecule has 2 amide bonds. The first-order chi connectivity index (χ1) is 16.7. The highest BCUT2D eigenvalue weighted by molar-refractivity contribution is 9.10. The molecule has 1 aliphatic rings. The van der Waals surface area contributed by atoms with Gasteiger partial charge >= 0.3 is 0 Å². The van der Waals surface area contributed by atoms with E-state index in [-0.39, 0.29) is 33.9 Å². The Morgan fingerprint density at radius 1 is 0.943 bits per heavy atom. The summed E-state index contributed by atoms with van der Waals surface area (Å²) in [6.45, 7) is 3.84. The van der Waals surface area contributed by atoms with Crippen LogP contribution in [0.5, 0.6) is 5.75 Å². The number of halogens is 1. The Bertz CT molecular complexity index is 1600. The Morgan fingerprint density at radius 3 is 2.37 bits per heavy atom. The van der Waals surface area contributed by atoms with Crippen LogP contribution in [0.4, 0.5) is 22.7 Å². The van der Waals surface area contributed by atoms with Crippen molar-refractivity contribution in [3.8, 4) is 5.75 Å². The number of aromatic hydroxyl groups is 1. The molecule has 0 radical (unpaired) electrons. The van der Waals surface area contributed by atoms with Gasteiger partial charge < -0.3 is 10.4 Å². The zero-order valence-electron chi connectivity index (χ0n) is 18.6. The highest BCUT2D eigenvalue weighted by Crippen LogP contribution is 2.43. The maximum atomic E-state index is 13.5. The SMILES string of the molecule is Cc1c(Br)ccc(Nc2c([N+](=O)[O-])cc3c4c(cccc24)C(=O)N(c2cccc(O)c2)C3=O)c1C. The molecular weight excluding hydrogens is 514 g/mol. The van der Waals surface area contributed by atoms with Crippen LogP contribution in [0.3, 0.4) is 0 Å². The smallest absolute Gasteiger partial charge is 0.294 e. The third-order valence-electron chi connectivity index (χ3n) is 6.27. The Labute approximate surface area is 208 Å². The van der Waals surface area contributed by atoms with E-state index in [0.717, 1.165) is 20.5 Å². The van der Waals surface area contributed by atoms with Crippen molar-refractivity contribution in [3.63, 3.8) is 0 Å². The van der Waals surface area contributed by atoms with Crippen LogP contribution in [0.2, 0.25) is 0 Å². The number of hydrogen-bond acceptors (Lipinski definition) is 6. The number of carbonyl (C=O) groups excluding carboxylic acids is 2. The summed E-state index contributed by atoms with van der Waals surface area (Å²) >= 11 is 3.49. The average molecular weight is 532 g/mol. The summed E-state index contributed by atoms with van der Waals surface area (Å²) in [5.41, 5.74) is 2.92. The third-order valence-corrected chi connectivity index (χ3v) is 7.13. The standard InChI is InChI=1S/C26H18BrN3O5/c1-13-14(2)21(10-9-20(13)27)28-24-17-7-4-8-18-23(17)19(12-22(24)30(34)35)26(33)29(25(18)32)15-5-3-6-16(31)11-15/h3-12,28,31H,1-2H3. The molecule has 0 saturated carbocycles. The Kier molecular flexibility index (Phi) is 5.29. The molecule has 1 aliphatic heterocycles. The monoisotopic (exact) mass is 531 g/mol. The van der Waals surface area contributed by atoms with E-state index in [0.29, 0.717) is 16.5 Å². The van der Waals surface area contributed by atoms with E-state index in [4.69, 9.17) is 0 Å². The largest absolute Gasteiger partial charge is 0.508 e. The molecule has 0 unspecified atom stereocenters. The molecule has 0 atom stereocenters. The molecule has 4 aromatic carbocycles. The van der Waals surface area contributed by atoms with E-state index in [1.165, 1.54) is 30.3 Å². The van der Waals surface area contributed by atoms with Crippen LogP contribution in [-0.2, 0) is 0 Å². The van der Waals surface area contributed by atoms with Crippen LogP contribution in [-0.4, -0.2) is 21.8 Å². The van der Waals surface area contributed by atoms with E-state index in [9.17, 15) is 24.8 Å². The third kappa shape index (κ3) is 3.52. The number of hydrogen-bond donors (Lipinski definition) is 2. The van der Waals surface area contributed by atoms with Crippen LogP contribution in [0.25, 0.3) is 10.8 Å². The van der Waals surface area contributed by atoms with Gasteiger partial charge in [0, 0.05) is 38.6 Å². The van der Waals surface area contributed by atoms with Crippen molar-refractivity contribution in [2.75, 3.05) is 10.2 Å². The van der Waals surface area contributed by atoms with Gasteiger partial charge in [0.1, 0.15) is 11.4 Å². The van der Waals surface area contributed by atoms with Crippen molar-refractivity contribution >= 4 is 61.3 Å². The second kappa shape index (κ2) is 8.21. The minimum Gasteiger partial charge on any atom is -0.508 e. The predicted molar refractivity (Wildman–Crippen MR) is 137 cm³/mol. The molecule has 2 N–H and O–H groups in total. The lowest BCUT2D eigenvalue weighted by molar-refractivity contribution is -0.383. The second-order valence-corrected chi connectivity index (χ2v) is 9.09. The zero-order valence-corrected chi connectivity index (χ0v) is 20.2. The van der Waals surface area contributed by atoms with Crippen LogP contribution in [0.15, 0.2) is 65.1 Å². The number of amides is 2. The first-order valence-electron chi connectivity index (χ1n) is 10.6. The van der Waals surface area contributed by atoms with Gasteiger partial charge in [-0.2, -0.15) is 0 Å². The molecule has 0 aliphatic carbocycles. The van der Waals surface area contributed by atoms with Gasteiger partial charge in [0.25, 0.3) is 17.5 Å². The molecule has 174 valence electrons. The summed E-state index contributed by atoms with van der Waals surface area (Å²) < 4.78 is 0.912. The number of nitrogens with zero attached hydrogens (tertiary/aromatic N) is 2. The minimum absolute atomic E-state index is 0.0412. The van der Waals surface area contributed by atoms with Crippen molar-refractivity contribution in [1.29, 1.82) is 0 Å². The van der Waals surface area contributed by atoms with Crippen LogP contribution in [0.1, 0.15) is 31.8 Å². The van der Waals surface area contributed by atoms with E-state index in [2.05, 4.69) is 21.2 Å². The Balaban J connectivity index is 1.76. The van der Waals surface area contributed by atoms with Gasteiger partial charge in [-0.3, -0.25) is 19.7 Å². The molecule has 8 nitrogen and oxygen atoms in total. The zero-order chi connectivity index (χ0) is 25.0. The molecule has 0 spiro atoms. The number of phenols is 1. The summed E-state index contributed by atoms with van der Waals surface area (Å²) in [4.78, 5) is 39.4. The van der Waals surface area contributed by atoms with Crippen molar-refractivity contribution in [3.05, 3.63) is 97.5 Å². The molecule has 4 aromatic rings. The highest BCUT2D eigenvalue weighted by Gasteiger charge is 2.37. The quantitative estimate of drug-likeness (QED) is 0.179. The Morgan fingerprint density at radius 2 is 1.66 bits per heavy atom. The highest BCUT2D eigenvalue weighted by atomic mass is 79.9. The normalized spacial score (nSPS) is 12.8. The summed E-state index contributed by atoms with van der Waals surface area (Å²) in [5, 5.41) is 25.9. The van der Waals surface area contributed by atoms with Gasteiger partial charge in [-0.25, -0.2) is 4.90 Å². The van der Waals surface area contributed by atoms with Crippen LogP contribution in [0, 0.1) is 24.0 Å². The van der Waals surface area contributed by atoms with E-state index >= 15 is 0 Å². The van der Waals surface area contributed by atoms with E-state index in [1.807, 2.05) is 26.0 Å². The molecule has 9 heteroatoms. The molecular formula is C26H18BrN3O5. The molecule has 5 rings (SSSR count). The minimum atomic E-state index is -0.699. The van der Waals surface area contributed by atoms with Crippen molar-refractivity contribution in [1.82, 2.24) is 0 Å². The first-order valence-corrected chi connectivity index (χ1v) is 11.4. The lowest BCUT2D eigenvalue weighted by Gasteiger charge is -2.28. The lowest BCUT2D eigenvalue weighted by Crippen LogP contribution is -2.40. The number of phenolic OH excluding ortho intramolecular Hbond substituents is 1. The summed E-state index contributed by atoms with van der Waals surface area (Å²) in [6, 6.07) is 15.5. The number of nitro benzene ring substituents is 1. The lowest BCUT2D eigenvalue weighted by atomic mass is 9.91. The number of nitro groups is 1. The van der Waals surface area contributed by atoms with Gasteiger partial charge in [-0.15, -0.1) is 0 Å². The maximum Gasteiger partial charge on any atom is 0.294 e. The number of carbonyl (C=O) groups is 2. The second-order valence-electron chi connectivity index (χ2n) is 8.24. The number of anilines is 3. The predicted octanol–water partition coefficient (Wildman–Crippen LogP) is 6.38. The topological polar surface area (TPSA) is 113 Å². The number of nitrogens with one attached hydrogen (secondary N) is 1. The van der Waals surface area contributed by atoms with Crippen LogP contribution < -0.4 is 10.2 Å². The first kappa shape index (κ1) is 22.5. The molecule has 0 fully saturated rings. The fourth-order valence-electron chi connectivity index (χ4n) is 4.35. The number of benzene rings is 4. The van der Waals surface area contributed by atoms with Gasteiger partial charge in [-0.1, -0.05) is 34.1 Å². The molecule has 35 heavy (non-hydrogen) atoms. The fraction of sp³-hybridized carbons (Fsp3) is 0.0769. The van der Waals surface area contributed by atoms with Gasteiger partial charge in [0.2, 0.25) is 0 Å². The summed E-state index contributed by atoms with van der Waals surface area (Å²) in [5.74, 6) is -1.39. The van der Waals surface area contributed by atoms with Crippen molar-refractivity contribution in [2.24, 2.45) is 0 Å². The number of rotatable bonds is 4. The Hall–Kier alpha value is -4.24. The van der Waals surface area contributed by atoms with Crippen molar-refractivity contribution in [2.45, 2.75) is 13.8 Å². The van der Waals surface area contributed by atoms with Crippen LogP contribution >= 0.6 is 15.9 Å². The van der Waals surface area contributed by atoms with Gasteiger partial charge in [-0.05, 0) is 55.3 Å². The fourth-order valence-corrected chi connectivity index (χ4v) is 4.78. The molecule has 1 heterocycles. The van der Waals surface area contributed by atoms with E-state index < -0.39 is 16.7 Å². The summed E-state index contributed by atoms with van der Waals surface area (Å²) in [7, 11) is 0. The van der Waals surface area contributed by atoms with E-state index in [1.54, 1.807) is 18.2 Å². The summed E-state index contributed by atoms with van der Waals surface area (Å²) in [6.07, 6.45) is 0. The molecule has 0 bridgehead atoms. The van der Waals surface area contributed by atoms with Crippen molar-refractivity contribution < 1.29 is 19.6 Å². The molecule has 0 saturated heterocycles. The average Bonchev–Trinajstić information content (AvgIpc) is 2.83. The molecule has 0 aromatic heterocycles. The van der Waals surface area contributed by atoms with Gasteiger partial charge in [0.15, 0.2) is 0 Å². The number of imide groups is 1.